The molecule has 0 saturated heterocycles. The van der Waals surface area contributed by atoms with E-state index in [0.717, 1.165) is 5.56 Å². The third kappa shape index (κ3) is 4.06. The van der Waals surface area contributed by atoms with Crippen molar-refractivity contribution in [2.24, 2.45) is 0 Å². The van der Waals surface area contributed by atoms with E-state index < -0.39 is 0 Å². The van der Waals surface area contributed by atoms with Crippen LogP contribution in [-0.2, 0) is 0 Å². The van der Waals surface area contributed by atoms with E-state index in [9.17, 15) is 4.39 Å². The lowest BCUT2D eigenvalue weighted by molar-refractivity contribution is 0.531. The van der Waals surface area contributed by atoms with E-state index in [2.05, 4.69) is 19.9 Å². The highest BCUT2D eigenvalue weighted by Gasteiger charge is 2.15. The van der Waals surface area contributed by atoms with Gasteiger partial charge in [-0.25, -0.2) is 4.39 Å². The predicted molar refractivity (Wildman–Crippen MR) is 80.2 cm³/mol. The van der Waals surface area contributed by atoms with Gasteiger partial charge in [0.05, 0.1) is 0 Å². The van der Waals surface area contributed by atoms with Crippen LogP contribution in [0.5, 0.6) is 0 Å². The lowest BCUT2D eigenvalue weighted by atomic mass is 9.88. The molecule has 1 saturated carbocycles. The second-order valence-electron chi connectivity index (χ2n) is 6.33. The van der Waals surface area contributed by atoms with E-state index in [-0.39, 0.29) is 11.7 Å². The molecule has 0 aliphatic heterocycles. The molecule has 0 unspecified atom stereocenters. The second-order valence-corrected chi connectivity index (χ2v) is 6.33. The van der Waals surface area contributed by atoms with Crippen molar-refractivity contribution in [1.82, 2.24) is 0 Å². The van der Waals surface area contributed by atoms with Gasteiger partial charge >= 0.3 is 0 Å². The Bertz CT molecular complexity index is 385. The van der Waals surface area contributed by atoms with Gasteiger partial charge in [-0.2, -0.15) is 0 Å². The van der Waals surface area contributed by atoms with Crippen molar-refractivity contribution in [1.29, 1.82) is 0 Å². The van der Waals surface area contributed by atoms with E-state index in [1.165, 1.54) is 56.9 Å². The van der Waals surface area contributed by atoms with Crippen LogP contribution in [0.2, 0.25) is 0 Å². The molecule has 0 heterocycles. The summed E-state index contributed by atoms with van der Waals surface area (Å²) in [7, 11) is 0. The molecule has 0 aromatic heterocycles. The van der Waals surface area contributed by atoms with Crippen molar-refractivity contribution < 1.29 is 4.39 Å². The Morgan fingerprint density at radius 3 is 2.05 bits per heavy atom. The van der Waals surface area contributed by atoms with Gasteiger partial charge in [-0.3, -0.25) is 0 Å². The fraction of sp³-hybridized carbons (Fsp3) is 0.667. The fourth-order valence-electron chi connectivity index (χ4n) is 3.23. The Labute approximate surface area is 117 Å². The normalized spacial score (nSPS) is 18.9. The first-order chi connectivity index (χ1) is 9.18. The minimum absolute atomic E-state index is 0.00706. The zero-order chi connectivity index (χ0) is 13.7. The molecule has 0 bridgehead atoms. The van der Waals surface area contributed by atoms with Crippen molar-refractivity contribution in [3.05, 3.63) is 35.1 Å². The molecule has 1 aliphatic carbocycles. The van der Waals surface area contributed by atoms with E-state index in [0.29, 0.717) is 5.92 Å². The van der Waals surface area contributed by atoms with Crippen LogP contribution in [0, 0.1) is 5.82 Å². The summed E-state index contributed by atoms with van der Waals surface area (Å²) >= 11 is 0. The number of benzene rings is 1. The topological polar surface area (TPSA) is 0 Å². The summed E-state index contributed by atoms with van der Waals surface area (Å²) in [6.45, 7) is 4.11. The molecule has 106 valence electrons. The Morgan fingerprint density at radius 2 is 1.53 bits per heavy atom. The molecule has 1 fully saturated rings. The summed E-state index contributed by atoms with van der Waals surface area (Å²) in [4.78, 5) is 0. The summed E-state index contributed by atoms with van der Waals surface area (Å²) < 4.78 is 14.1. The highest BCUT2D eigenvalue weighted by atomic mass is 19.1. The molecule has 1 aromatic carbocycles. The third-order valence-electron chi connectivity index (χ3n) is 4.47. The first-order valence-electron chi connectivity index (χ1n) is 7.98. The molecule has 1 aromatic rings. The van der Waals surface area contributed by atoms with Gasteiger partial charge in [-0.1, -0.05) is 64.5 Å². The van der Waals surface area contributed by atoms with Crippen LogP contribution in [0.3, 0.4) is 0 Å². The van der Waals surface area contributed by atoms with E-state index >= 15 is 0 Å². The van der Waals surface area contributed by atoms with Crippen LogP contribution < -0.4 is 0 Å². The molecule has 2 rings (SSSR count). The van der Waals surface area contributed by atoms with E-state index in [1.54, 1.807) is 6.07 Å². The highest BCUT2D eigenvalue weighted by molar-refractivity contribution is 5.29. The lowest BCUT2D eigenvalue weighted by Gasteiger charge is -2.18. The number of hydrogen-bond donors (Lipinski definition) is 0. The largest absolute Gasteiger partial charge is 0.207 e. The monoisotopic (exact) mass is 262 g/mol. The van der Waals surface area contributed by atoms with Crippen LogP contribution in [-0.4, -0.2) is 0 Å². The van der Waals surface area contributed by atoms with E-state index in [1.807, 2.05) is 6.07 Å². The Morgan fingerprint density at radius 1 is 0.947 bits per heavy atom. The average Bonchev–Trinajstić information content (AvgIpc) is 2.51. The quantitative estimate of drug-likeness (QED) is 0.598. The highest BCUT2D eigenvalue weighted by Crippen LogP contribution is 2.32. The number of rotatable bonds is 2. The molecule has 0 radical (unpaired) electrons. The maximum atomic E-state index is 14.1. The summed E-state index contributed by atoms with van der Waals surface area (Å²) in [5, 5.41) is 0. The molecule has 1 aliphatic rings. The summed E-state index contributed by atoms with van der Waals surface area (Å²) in [5.74, 6) is 0.843. The minimum Gasteiger partial charge on any atom is -0.207 e. The molecular weight excluding hydrogens is 235 g/mol. The van der Waals surface area contributed by atoms with Gasteiger partial charge in [0.15, 0.2) is 0 Å². The third-order valence-corrected chi connectivity index (χ3v) is 4.47. The van der Waals surface area contributed by atoms with Crippen molar-refractivity contribution in [2.75, 3.05) is 0 Å². The van der Waals surface area contributed by atoms with Gasteiger partial charge in [0.2, 0.25) is 0 Å². The molecule has 0 atom stereocenters. The first-order valence-corrected chi connectivity index (χ1v) is 7.98. The van der Waals surface area contributed by atoms with Crippen molar-refractivity contribution in [2.45, 2.75) is 77.0 Å². The molecule has 0 spiro atoms. The smallest absolute Gasteiger partial charge is 0.126 e. The van der Waals surface area contributed by atoms with Crippen molar-refractivity contribution in [3.63, 3.8) is 0 Å². The molecule has 0 nitrogen and oxygen atoms in total. The molecular formula is C18H27F. The minimum atomic E-state index is -0.00706. The number of hydrogen-bond acceptors (Lipinski definition) is 0. The zero-order valence-corrected chi connectivity index (χ0v) is 12.4. The van der Waals surface area contributed by atoms with Gasteiger partial charge in [-0.15, -0.1) is 0 Å². The lowest BCUT2D eigenvalue weighted by Crippen LogP contribution is -2.02. The summed E-state index contributed by atoms with van der Waals surface area (Å²) in [6.07, 6.45) is 10.5. The Balaban J connectivity index is 2.12. The van der Waals surface area contributed by atoms with Gasteiger partial charge in [0.1, 0.15) is 5.82 Å². The second kappa shape index (κ2) is 7.07. The molecule has 0 N–H and O–H groups in total. The Hall–Kier alpha value is -0.850. The van der Waals surface area contributed by atoms with Crippen LogP contribution in [0.1, 0.15) is 88.2 Å². The van der Waals surface area contributed by atoms with Gasteiger partial charge in [0.25, 0.3) is 0 Å². The first kappa shape index (κ1) is 14.6. The van der Waals surface area contributed by atoms with Gasteiger partial charge < -0.3 is 0 Å². The van der Waals surface area contributed by atoms with Crippen LogP contribution >= 0.6 is 0 Å². The zero-order valence-electron chi connectivity index (χ0n) is 12.4. The van der Waals surface area contributed by atoms with Gasteiger partial charge in [-0.05, 0) is 41.9 Å². The van der Waals surface area contributed by atoms with Crippen molar-refractivity contribution in [3.8, 4) is 0 Å². The fourth-order valence-corrected chi connectivity index (χ4v) is 3.23. The average molecular weight is 262 g/mol. The molecule has 1 heteroatoms. The van der Waals surface area contributed by atoms with Gasteiger partial charge in [0, 0.05) is 0 Å². The van der Waals surface area contributed by atoms with Crippen LogP contribution in [0.15, 0.2) is 18.2 Å². The number of halogens is 1. The molecule has 19 heavy (non-hydrogen) atoms. The maximum absolute atomic E-state index is 14.1. The van der Waals surface area contributed by atoms with Crippen molar-refractivity contribution >= 4 is 0 Å². The SMILES string of the molecule is CC(C)c1ccc(C2CCCCCCCC2)cc1F. The summed E-state index contributed by atoms with van der Waals surface area (Å²) in [5.41, 5.74) is 2.08. The van der Waals surface area contributed by atoms with Crippen LogP contribution in [0.25, 0.3) is 0 Å². The molecule has 0 amide bonds. The summed E-state index contributed by atoms with van der Waals surface area (Å²) in [6, 6.07) is 5.97. The standard InChI is InChI=1S/C18H27F/c1-14(2)17-12-11-16(13-18(17)19)15-9-7-5-3-4-6-8-10-15/h11-15H,3-10H2,1-2H3. The Kier molecular flexibility index (Phi) is 5.42. The maximum Gasteiger partial charge on any atom is 0.126 e. The van der Waals surface area contributed by atoms with E-state index in [4.69, 9.17) is 0 Å². The predicted octanol–water partition coefficient (Wildman–Crippen LogP) is 6.17. The van der Waals surface area contributed by atoms with Crippen LogP contribution in [0.4, 0.5) is 4.39 Å².